The van der Waals surface area contributed by atoms with Crippen LogP contribution in [0.5, 0.6) is 0 Å². The van der Waals surface area contributed by atoms with Crippen LogP contribution in [0.15, 0.2) is 0 Å². The van der Waals surface area contributed by atoms with Crippen LogP contribution in [-0.2, 0) is 0 Å². The first-order chi connectivity index (χ1) is 3.81. The van der Waals surface area contributed by atoms with E-state index in [4.69, 9.17) is 5.26 Å². The second-order valence-corrected chi connectivity index (χ2v) is 1.80. The van der Waals surface area contributed by atoms with Gasteiger partial charge in [-0.25, -0.2) is 0 Å². The lowest BCUT2D eigenvalue weighted by molar-refractivity contribution is 0.632. The van der Waals surface area contributed by atoms with Crippen LogP contribution in [0.1, 0.15) is 20.3 Å². The Bertz CT molecular complexity index is 83.0. The predicted octanol–water partition coefficient (Wildman–Crippen LogP) is 0.898. The Morgan fingerprint density at radius 2 is 2.38 bits per heavy atom. The molecule has 1 atom stereocenters. The fourth-order valence-corrected chi connectivity index (χ4v) is 0.406. The normalized spacial score (nSPS) is 12.6. The lowest BCUT2D eigenvalue weighted by Crippen LogP contribution is -2.24. The standard InChI is InChI=1S/C6H12N2/c1-3-4-8-6(2)5-7/h6,8H,3-4H2,1-2H3. The lowest BCUT2D eigenvalue weighted by atomic mass is 10.3. The summed E-state index contributed by atoms with van der Waals surface area (Å²) in [5.41, 5.74) is 0. The van der Waals surface area contributed by atoms with Crippen LogP contribution in [0.4, 0.5) is 0 Å². The smallest absolute Gasteiger partial charge is 0.0924 e. The average molecular weight is 112 g/mol. The molecule has 0 saturated heterocycles. The Balaban J connectivity index is 3.02. The molecule has 2 heteroatoms. The van der Waals surface area contributed by atoms with E-state index in [9.17, 15) is 0 Å². The third-order valence-electron chi connectivity index (χ3n) is 0.894. The summed E-state index contributed by atoms with van der Waals surface area (Å²) in [4.78, 5) is 0. The first-order valence-electron chi connectivity index (χ1n) is 2.94. The van der Waals surface area contributed by atoms with Gasteiger partial charge in [-0.1, -0.05) is 6.92 Å². The summed E-state index contributed by atoms with van der Waals surface area (Å²) in [5, 5.41) is 11.3. The molecule has 46 valence electrons. The third-order valence-corrected chi connectivity index (χ3v) is 0.894. The van der Waals surface area contributed by atoms with E-state index in [1.165, 1.54) is 0 Å². The van der Waals surface area contributed by atoms with Gasteiger partial charge < -0.3 is 5.32 Å². The van der Waals surface area contributed by atoms with Crippen molar-refractivity contribution in [2.45, 2.75) is 26.3 Å². The molecule has 0 aliphatic heterocycles. The van der Waals surface area contributed by atoms with Gasteiger partial charge in [0.25, 0.3) is 0 Å². The molecule has 0 aliphatic carbocycles. The van der Waals surface area contributed by atoms with Crippen molar-refractivity contribution < 1.29 is 0 Å². The van der Waals surface area contributed by atoms with Gasteiger partial charge in [-0.05, 0) is 19.9 Å². The second kappa shape index (κ2) is 4.61. The quantitative estimate of drug-likeness (QED) is 0.588. The van der Waals surface area contributed by atoms with Gasteiger partial charge in [-0.2, -0.15) is 5.26 Å². The predicted molar refractivity (Wildman–Crippen MR) is 33.4 cm³/mol. The van der Waals surface area contributed by atoms with Crippen molar-refractivity contribution in [1.29, 1.82) is 5.26 Å². The van der Waals surface area contributed by atoms with E-state index in [0.29, 0.717) is 0 Å². The van der Waals surface area contributed by atoms with Crippen molar-refractivity contribution in [2.24, 2.45) is 0 Å². The molecule has 0 amide bonds. The van der Waals surface area contributed by atoms with Crippen LogP contribution in [0.25, 0.3) is 0 Å². The van der Waals surface area contributed by atoms with Gasteiger partial charge >= 0.3 is 0 Å². The molecular weight excluding hydrogens is 100 g/mol. The van der Waals surface area contributed by atoms with Gasteiger partial charge in [0.2, 0.25) is 0 Å². The summed E-state index contributed by atoms with van der Waals surface area (Å²) >= 11 is 0. The lowest BCUT2D eigenvalue weighted by Gasteiger charge is -2.00. The highest BCUT2D eigenvalue weighted by Crippen LogP contribution is 1.76. The monoisotopic (exact) mass is 112 g/mol. The van der Waals surface area contributed by atoms with Crippen molar-refractivity contribution in [1.82, 2.24) is 5.32 Å². The molecule has 0 bridgehead atoms. The number of nitrogens with one attached hydrogen (secondary N) is 1. The molecule has 0 radical (unpaired) electrons. The maximum atomic E-state index is 8.25. The van der Waals surface area contributed by atoms with E-state index in [-0.39, 0.29) is 6.04 Å². The van der Waals surface area contributed by atoms with Crippen molar-refractivity contribution >= 4 is 0 Å². The molecule has 0 aliphatic rings. The Labute approximate surface area is 50.5 Å². The first kappa shape index (κ1) is 7.45. The summed E-state index contributed by atoms with van der Waals surface area (Å²) in [6.07, 6.45) is 1.09. The minimum Gasteiger partial charge on any atom is -0.302 e. The number of hydrogen-bond acceptors (Lipinski definition) is 2. The van der Waals surface area contributed by atoms with Crippen molar-refractivity contribution in [2.75, 3.05) is 6.54 Å². The van der Waals surface area contributed by atoms with E-state index in [0.717, 1.165) is 13.0 Å². The highest BCUT2D eigenvalue weighted by Gasteiger charge is 1.92. The molecule has 2 nitrogen and oxygen atoms in total. The molecule has 0 fully saturated rings. The summed E-state index contributed by atoms with van der Waals surface area (Å²) in [7, 11) is 0. The molecule has 0 heterocycles. The molecule has 8 heavy (non-hydrogen) atoms. The largest absolute Gasteiger partial charge is 0.302 e. The minimum atomic E-state index is 0.00921. The average Bonchev–Trinajstić information content (AvgIpc) is 1.83. The van der Waals surface area contributed by atoms with Crippen molar-refractivity contribution in [3.8, 4) is 6.07 Å². The molecule has 0 saturated carbocycles. The van der Waals surface area contributed by atoms with Crippen LogP contribution < -0.4 is 5.32 Å². The van der Waals surface area contributed by atoms with Crippen molar-refractivity contribution in [3.63, 3.8) is 0 Å². The molecule has 0 aromatic rings. The topological polar surface area (TPSA) is 35.8 Å². The molecule has 0 rings (SSSR count). The summed E-state index contributed by atoms with van der Waals surface area (Å²) in [6.45, 7) is 4.88. The van der Waals surface area contributed by atoms with Gasteiger partial charge in [-0.3, -0.25) is 0 Å². The van der Waals surface area contributed by atoms with Gasteiger partial charge in [0.05, 0.1) is 12.1 Å². The fourth-order valence-electron chi connectivity index (χ4n) is 0.406. The maximum Gasteiger partial charge on any atom is 0.0924 e. The van der Waals surface area contributed by atoms with Gasteiger partial charge in [0, 0.05) is 0 Å². The molecule has 1 unspecified atom stereocenters. The van der Waals surface area contributed by atoms with Crippen LogP contribution in [0.3, 0.4) is 0 Å². The van der Waals surface area contributed by atoms with Crippen LogP contribution >= 0.6 is 0 Å². The molecule has 0 aromatic heterocycles. The second-order valence-electron chi connectivity index (χ2n) is 1.80. The van der Waals surface area contributed by atoms with Gasteiger partial charge in [0.1, 0.15) is 0 Å². The van der Waals surface area contributed by atoms with E-state index in [2.05, 4.69) is 18.3 Å². The van der Waals surface area contributed by atoms with Crippen LogP contribution in [0.2, 0.25) is 0 Å². The Morgan fingerprint density at radius 1 is 1.75 bits per heavy atom. The highest BCUT2D eigenvalue weighted by atomic mass is 14.9. The zero-order valence-corrected chi connectivity index (χ0v) is 5.44. The number of nitrogens with zero attached hydrogens (tertiary/aromatic N) is 1. The highest BCUT2D eigenvalue weighted by molar-refractivity contribution is 4.84. The molecule has 0 aromatic carbocycles. The summed E-state index contributed by atoms with van der Waals surface area (Å²) < 4.78 is 0. The van der Waals surface area contributed by atoms with E-state index in [1.807, 2.05) is 6.92 Å². The number of rotatable bonds is 3. The Morgan fingerprint density at radius 3 is 2.75 bits per heavy atom. The number of hydrogen-bond donors (Lipinski definition) is 1. The zero-order chi connectivity index (χ0) is 6.41. The summed E-state index contributed by atoms with van der Waals surface area (Å²) in [6, 6.07) is 2.10. The number of nitriles is 1. The fraction of sp³-hybridized carbons (Fsp3) is 0.833. The molecule has 1 N–H and O–H groups in total. The molecular formula is C6H12N2. The first-order valence-corrected chi connectivity index (χ1v) is 2.94. The van der Waals surface area contributed by atoms with E-state index < -0.39 is 0 Å². The van der Waals surface area contributed by atoms with Gasteiger partial charge in [-0.15, -0.1) is 0 Å². The Kier molecular flexibility index (Phi) is 4.29. The van der Waals surface area contributed by atoms with Crippen molar-refractivity contribution in [3.05, 3.63) is 0 Å². The minimum absolute atomic E-state index is 0.00921. The van der Waals surface area contributed by atoms with Gasteiger partial charge in [0.15, 0.2) is 0 Å². The molecule has 0 spiro atoms. The summed E-state index contributed by atoms with van der Waals surface area (Å²) in [5.74, 6) is 0. The SMILES string of the molecule is CCCNC(C)C#N. The Hall–Kier alpha value is -0.550. The zero-order valence-electron chi connectivity index (χ0n) is 5.44. The van der Waals surface area contributed by atoms with E-state index in [1.54, 1.807) is 0 Å². The van der Waals surface area contributed by atoms with E-state index >= 15 is 0 Å². The van der Waals surface area contributed by atoms with Crippen LogP contribution in [-0.4, -0.2) is 12.6 Å². The maximum absolute atomic E-state index is 8.25. The third kappa shape index (κ3) is 3.63. The van der Waals surface area contributed by atoms with Crippen LogP contribution in [0, 0.1) is 11.3 Å².